The molecule has 4 aromatic carbocycles. The highest BCUT2D eigenvalue weighted by Gasteiger charge is 2.22. The van der Waals surface area contributed by atoms with Crippen molar-refractivity contribution >= 4 is 17.5 Å². The Morgan fingerprint density at radius 3 is 2.17 bits per heavy atom. The van der Waals surface area contributed by atoms with Gasteiger partial charge in [0.1, 0.15) is 11.6 Å². The van der Waals surface area contributed by atoms with Gasteiger partial charge in [-0.3, -0.25) is 9.59 Å². The lowest BCUT2D eigenvalue weighted by molar-refractivity contribution is -0.121. The number of carbonyl (C=O) groups excluding carboxylic acids is 2. The Morgan fingerprint density at radius 2 is 1.47 bits per heavy atom. The molecule has 182 valence electrons. The van der Waals surface area contributed by atoms with Crippen molar-refractivity contribution in [2.24, 2.45) is 0 Å². The summed E-state index contributed by atoms with van der Waals surface area (Å²) >= 11 is 0. The fourth-order valence-electron chi connectivity index (χ4n) is 3.99. The second-order valence-corrected chi connectivity index (χ2v) is 8.55. The summed E-state index contributed by atoms with van der Waals surface area (Å²) in [5, 5.41) is 2.99. The van der Waals surface area contributed by atoms with Crippen molar-refractivity contribution in [1.29, 1.82) is 0 Å². The topological polar surface area (TPSA) is 49.4 Å². The van der Waals surface area contributed by atoms with Crippen molar-refractivity contribution < 1.29 is 18.4 Å². The fourth-order valence-corrected chi connectivity index (χ4v) is 3.99. The van der Waals surface area contributed by atoms with E-state index in [-0.39, 0.29) is 30.5 Å². The van der Waals surface area contributed by atoms with E-state index in [0.717, 1.165) is 23.3 Å². The van der Waals surface area contributed by atoms with E-state index in [0.29, 0.717) is 17.3 Å². The van der Waals surface area contributed by atoms with Crippen LogP contribution in [0.1, 0.15) is 40.0 Å². The Labute approximate surface area is 209 Å². The molecule has 4 nitrogen and oxygen atoms in total. The van der Waals surface area contributed by atoms with Gasteiger partial charge in [0, 0.05) is 11.8 Å². The van der Waals surface area contributed by atoms with Gasteiger partial charge in [-0.15, -0.1) is 0 Å². The fraction of sp³-hybridized carbons (Fsp3) is 0.133. The standard InChI is InChI=1S/C30H26F2N2O2/c1-21(24-12-6-3-7-13-24)33-29(35)18-23-11-8-14-26(17-23)34(20-22-9-4-2-5-10-22)30(36)27-16-15-25(31)19-28(27)32/h2-17,19,21H,18,20H2,1H3,(H,33,35)/t21-/m0/s1. The smallest absolute Gasteiger partial charge is 0.261 e. The van der Waals surface area contributed by atoms with E-state index in [1.807, 2.05) is 67.6 Å². The molecule has 0 unspecified atom stereocenters. The third kappa shape index (κ3) is 6.21. The monoisotopic (exact) mass is 484 g/mol. The Morgan fingerprint density at radius 1 is 0.806 bits per heavy atom. The zero-order chi connectivity index (χ0) is 25.5. The van der Waals surface area contributed by atoms with Crippen molar-refractivity contribution in [3.05, 3.63) is 137 Å². The second-order valence-electron chi connectivity index (χ2n) is 8.55. The largest absolute Gasteiger partial charge is 0.349 e. The summed E-state index contributed by atoms with van der Waals surface area (Å²) in [7, 11) is 0. The zero-order valence-electron chi connectivity index (χ0n) is 19.8. The third-order valence-electron chi connectivity index (χ3n) is 5.85. The first-order valence-corrected chi connectivity index (χ1v) is 11.6. The third-order valence-corrected chi connectivity index (χ3v) is 5.85. The number of carbonyl (C=O) groups is 2. The number of rotatable bonds is 8. The predicted molar refractivity (Wildman–Crippen MR) is 136 cm³/mol. The highest BCUT2D eigenvalue weighted by molar-refractivity contribution is 6.06. The second kappa shape index (κ2) is 11.4. The number of nitrogens with zero attached hydrogens (tertiary/aromatic N) is 1. The molecule has 36 heavy (non-hydrogen) atoms. The lowest BCUT2D eigenvalue weighted by Crippen LogP contribution is -2.31. The molecule has 0 saturated heterocycles. The number of halogens is 2. The summed E-state index contributed by atoms with van der Waals surface area (Å²) in [5.74, 6) is -2.44. The van der Waals surface area contributed by atoms with Crippen LogP contribution >= 0.6 is 0 Å². The lowest BCUT2D eigenvalue weighted by atomic mass is 10.1. The van der Waals surface area contributed by atoms with Crippen LogP contribution in [0.4, 0.5) is 14.5 Å². The van der Waals surface area contributed by atoms with Crippen molar-refractivity contribution in [2.75, 3.05) is 4.90 Å². The first kappa shape index (κ1) is 24.8. The van der Waals surface area contributed by atoms with Crippen LogP contribution in [0.15, 0.2) is 103 Å². The Balaban J connectivity index is 1.58. The zero-order valence-corrected chi connectivity index (χ0v) is 19.8. The molecule has 0 saturated carbocycles. The Bertz CT molecular complexity index is 1340. The van der Waals surface area contributed by atoms with Gasteiger partial charge in [-0.2, -0.15) is 0 Å². The van der Waals surface area contributed by atoms with Crippen molar-refractivity contribution in [3.63, 3.8) is 0 Å². The normalized spacial score (nSPS) is 11.5. The van der Waals surface area contributed by atoms with Gasteiger partial charge in [0.25, 0.3) is 5.91 Å². The number of anilines is 1. The highest BCUT2D eigenvalue weighted by atomic mass is 19.1. The lowest BCUT2D eigenvalue weighted by Gasteiger charge is -2.24. The van der Waals surface area contributed by atoms with Crippen LogP contribution in [0.5, 0.6) is 0 Å². The van der Waals surface area contributed by atoms with Crippen molar-refractivity contribution in [2.45, 2.75) is 25.9 Å². The number of hydrogen-bond donors (Lipinski definition) is 1. The molecule has 0 bridgehead atoms. The van der Waals surface area contributed by atoms with Gasteiger partial charge in [0.05, 0.1) is 24.6 Å². The van der Waals surface area contributed by atoms with Gasteiger partial charge in [0.2, 0.25) is 5.91 Å². The Hall–Kier alpha value is -4.32. The van der Waals surface area contributed by atoms with Crippen molar-refractivity contribution in [3.8, 4) is 0 Å². The van der Waals surface area contributed by atoms with Gasteiger partial charge in [-0.25, -0.2) is 8.78 Å². The summed E-state index contributed by atoms with van der Waals surface area (Å²) < 4.78 is 27.9. The van der Waals surface area contributed by atoms with Crippen LogP contribution in [0.2, 0.25) is 0 Å². The first-order valence-electron chi connectivity index (χ1n) is 11.6. The van der Waals surface area contributed by atoms with Crippen molar-refractivity contribution in [1.82, 2.24) is 5.32 Å². The minimum atomic E-state index is -0.927. The molecule has 0 aliphatic heterocycles. The molecule has 0 fully saturated rings. The molecular formula is C30H26F2N2O2. The summed E-state index contributed by atoms with van der Waals surface area (Å²) in [6, 6.07) is 28.8. The Kier molecular flexibility index (Phi) is 7.85. The van der Waals surface area contributed by atoms with Gasteiger partial charge in [-0.1, -0.05) is 72.8 Å². The molecule has 4 rings (SSSR count). The molecule has 0 heterocycles. The maximum Gasteiger partial charge on any atom is 0.261 e. The highest BCUT2D eigenvalue weighted by Crippen LogP contribution is 2.24. The number of amides is 2. The van der Waals surface area contributed by atoms with Crippen LogP contribution in [0, 0.1) is 11.6 Å². The van der Waals surface area contributed by atoms with E-state index in [1.165, 1.54) is 4.90 Å². The maximum absolute atomic E-state index is 14.5. The minimum Gasteiger partial charge on any atom is -0.349 e. The molecule has 0 spiro atoms. The first-order chi connectivity index (χ1) is 17.4. The van der Waals surface area contributed by atoms with Crippen LogP contribution in [0.3, 0.4) is 0 Å². The van der Waals surface area contributed by atoms with E-state index in [2.05, 4.69) is 5.32 Å². The average molecular weight is 485 g/mol. The SMILES string of the molecule is C[C@H](NC(=O)Cc1cccc(N(Cc2ccccc2)C(=O)c2ccc(F)cc2F)c1)c1ccccc1. The van der Waals surface area contributed by atoms with E-state index in [9.17, 15) is 18.4 Å². The van der Waals surface area contributed by atoms with Gasteiger partial charge < -0.3 is 10.2 Å². The molecule has 6 heteroatoms. The number of benzene rings is 4. The van der Waals surface area contributed by atoms with Crippen LogP contribution in [0.25, 0.3) is 0 Å². The van der Waals surface area contributed by atoms with E-state index >= 15 is 0 Å². The van der Waals surface area contributed by atoms with Gasteiger partial charge in [-0.05, 0) is 47.9 Å². The van der Waals surface area contributed by atoms with E-state index in [4.69, 9.17) is 0 Å². The number of hydrogen-bond acceptors (Lipinski definition) is 2. The predicted octanol–water partition coefficient (Wildman–Crippen LogP) is 6.23. The molecular weight excluding hydrogens is 458 g/mol. The number of nitrogens with one attached hydrogen (secondary N) is 1. The van der Waals surface area contributed by atoms with Crippen LogP contribution in [-0.2, 0) is 17.8 Å². The quantitative estimate of drug-likeness (QED) is 0.322. The van der Waals surface area contributed by atoms with Crippen LogP contribution < -0.4 is 10.2 Å². The minimum absolute atomic E-state index is 0.114. The summed E-state index contributed by atoms with van der Waals surface area (Å²) in [4.78, 5) is 27.6. The molecule has 1 atom stereocenters. The summed E-state index contributed by atoms with van der Waals surface area (Å²) in [5.41, 5.74) is 2.82. The van der Waals surface area contributed by atoms with Crippen LogP contribution in [-0.4, -0.2) is 11.8 Å². The molecule has 0 aromatic heterocycles. The van der Waals surface area contributed by atoms with E-state index < -0.39 is 17.5 Å². The molecule has 0 radical (unpaired) electrons. The van der Waals surface area contributed by atoms with E-state index in [1.54, 1.807) is 24.3 Å². The molecule has 4 aromatic rings. The average Bonchev–Trinajstić information content (AvgIpc) is 2.88. The van der Waals surface area contributed by atoms with Gasteiger partial charge >= 0.3 is 0 Å². The maximum atomic E-state index is 14.5. The molecule has 0 aliphatic carbocycles. The summed E-state index contributed by atoms with van der Waals surface area (Å²) in [6.45, 7) is 2.10. The molecule has 1 N–H and O–H groups in total. The molecule has 2 amide bonds. The van der Waals surface area contributed by atoms with Gasteiger partial charge in [0.15, 0.2) is 0 Å². The summed E-state index contributed by atoms with van der Waals surface area (Å²) in [6.07, 6.45) is 0.114. The molecule has 0 aliphatic rings.